The highest BCUT2D eigenvalue weighted by Gasteiger charge is 2.29. The summed E-state index contributed by atoms with van der Waals surface area (Å²) in [6.45, 7) is 10.0. The second-order valence-corrected chi connectivity index (χ2v) is 10.1. The van der Waals surface area contributed by atoms with Crippen LogP contribution < -0.4 is 16.0 Å². The van der Waals surface area contributed by atoms with Crippen molar-refractivity contribution in [3.8, 4) is 0 Å². The van der Waals surface area contributed by atoms with Gasteiger partial charge in [0.1, 0.15) is 6.04 Å². The van der Waals surface area contributed by atoms with Gasteiger partial charge in [0.05, 0.1) is 24.8 Å². The van der Waals surface area contributed by atoms with Crippen molar-refractivity contribution >= 4 is 29.9 Å². The van der Waals surface area contributed by atoms with Crippen LogP contribution in [0.1, 0.15) is 69.2 Å². The fourth-order valence-electron chi connectivity index (χ4n) is 4.14. The van der Waals surface area contributed by atoms with E-state index >= 15 is 0 Å². The van der Waals surface area contributed by atoms with Crippen molar-refractivity contribution in [2.45, 2.75) is 64.6 Å². The smallest absolute Gasteiger partial charge is 0.258 e. The summed E-state index contributed by atoms with van der Waals surface area (Å²) < 4.78 is 5.43. The van der Waals surface area contributed by atoms with E-state index in [0.29, 0.717) is 18.5 Å². The lowest BCUT2D eigenvalue weighted by Crippen LogP contribution is -2.50. The Hall–Kier alpha value is -3.91. The molecule has 0 spiro atoms. The molecule has 0 fully saturated rings. The van der Waals surface area contributed by atoms with E-state index in [1.54, 1.807) is 36.4 Å². The Labute approximate surface area is 237 Å². The molecule has 0 aliphatic carbocycles. The van der Waals surface area contributed by atoms with Crippen LogP contribution in [0.15, 0.2) is 67.4 Å². The van der Waals surface area contributed by atoms with E-state index in [0.717, 1.165) is 24.0 Å². The molecule has 0 radical (unpaired) electrons. The van der Waals surface area contributed by atoms with Crippen LogP contribution >= 0.6 is 0 Å². The van der Waals surface area contributed by atoms with E-state index < -0.39 is 30.0 Å². The molecule has 0 heterocycles. The summed E-state index contributed by atoms with van der Waals surface area (Å²) in [5.74, 6) is -1.08. The van der Waals surface area contributed by atoms with Gasteiger partial charge in [0.15, 0.2) is 6.61 Å². The number of aliphatic hydroxyl groups is 1. The van der Waals surface area contributed by atoms with Crippen molar-refractivity contribution in [2.75, 3.05) is 13.2 Å². The maximum Gasteiger partial charge on any atom is 0.258 e. The number of hydrogen-bond donors (Lipinski definition) is 4. The molecule has 2 aromatic carbocycles. The number of hydrogen-bond acceptors (Lipinski definition) is 5. The number of rotatable bonds is 17. The summed E-state index contributed by atoms with van der Waals surface area (Å²) in [6.07, 6.45) is 5.97. The van der Waals surface area contributed by atoms with Crippen molar-refractivity contribution in [3.05, 3.63) is 84.1 Å². The number of unbranched alkanes of at least 4 members (excludes halogenated alkanes) is 1. The highest BCUT2D eigenvalue weighted by atomic mass is 16.5. The highest BCUT2D eigenvalue weighted by Crippen LogP contribution is 2.17. The summed E-state index contributed by atoms with van der Waals surface area (Å²) in [4.78, 5) is 38.5. The van der Waals surface area contributed by atoms with Crippen LogP contribution in [0.25, 0.3) is 12.2 Å². The molecule has 2 aromatic rings. The fraction of sp³-hybridized carbons (Fsp3) is 0.406. The van der Waals surface area contributed by atoms with E-state index in [4.69, 9.17) is 4.74 Å². The fourth-order valence-corrected chi connectivity index (χ4v) is 4.14. The third kappa shape index (κ3) is 11.5. The molecular weight excluding hydrogens is 506 g/mol. The number of aliphatic hydroxyl groups excluding tert-OH is 1. The van der Waals surface area contributed by atoms with E-state index in [2.05, 4.69) is 22.5 Å². The Bertz CT molecular complexity index is 1120. The van der Waals surface area contributed by atoms with Gasteiger partial charge in [-0.3, -0.25) is 14.4 Å². The molecule has 3 unspecified atom stereocenters. The van der Waals surface area contributed by atoms with Gasteiger partial charge >= 0.3 is 0 Å². The molecule has 2 rings (SSSR count). The van der Waals surface area contributed by atoms with Gasteiger partial charge in [0, 0.05) is 6.54 Å². The number of ether oxygens (including phenoxy) is 1. The van der Waals surface area contributed by atoms with Crippen molar-refractivity contribution in [2.24, 2.45) is 5.92 Å². The summed E-state index contributed by atoms with van der Waals surface area (Å²) in [7, 11) is 0. The number of nitrogens with one attached hydrogen (secondary N) is 3. The van der Waals surface area contributed by atoms with Crippen LogP contribution in [0.4, 0.5) is 0 Å². The monoisotopic (exact) mass is 549 g/mol. The number of carbonyl (C=O) groups excluding carboxylic acids is 3. The summed E-state index contributed by atoms with van der Waals surface area (Å²) in [5, 5.41) is 19.3. The summed E-state index contributed by atoms with van der Waals surface area (Å²) in [6, 6.07) is 14.8. The quantitative estimate of drug-likeness (QED) is 0.173. The zero-order valence-corrected chi connectivity index (χ0v) is 23.8. The van der Waals surface area contributed by atoms with Crippen LogP contribution in [0.3, 0.4) is 0 Å². The van der Waals surface area contributed by atoms with Gasteiger partial charge in [0.25, 0.3) is 5.91 Å². The van der Waals surface area contributed by atoms with Crippen molar-refractivity contribution in [1.82, 2.24) is 16.0 Å². The van der Waals surface area contributed by atoms with E-state index in [9.17, 15) is 19.5 Å². The molecule has 0 aliphatic rings. The second-order valence-electron chi connectivity index (χ2n) is 10.1. The van der Waals surface area contributed by atoms with E-state index in [1.165, 1.54) is 6.26 Å². The first-order valence-electron chi connectivity index (χ1n) is 13.8. The maximum absolute atomic E-state index is 13.5. The molecule has 3 atom stereocenters. The van der Waals surface area contributed by atoms with E-state index in [-0.39, 0.29) is 24.9 Å². The second kappa shape index (κ2) is 17.6. The average Bonchev–Trinajstić information content (AvgIpc) is 2.94. The molecule has 8 nitrogen and oxygen atoms in total. The first-order valence-corrected chi connectivity index (χ1v) is 13.8. The molecule has 0 saturated heterocycles. The van der Waals surface area contributed by atoms with Crippen LogP contribution in [0.5, 0.6) is 0 Å². The molecular formula is C32H43N3O5. The first kappa shape index (κ1) is 32.3. The molecule has 0 aromatic heterocycles. The first-order chi connectivity index (χ1) is 19.2. The molecule has 3 amide bonds. The van der Waals surface area contributed by atoms with Gasteiger partial charge in [0.2, 0.25) is 11.8 Å². The molecule has 0 bridgehead atoms. The third-order valence-corrected chi connectivity index (χ3v) is 6.24. The van der Waals surface area contributed by atoms with Gasteiger partial charge in [-0.1, -0.05) is 94.4 Å². The Morgan fingerprint density at radius 2 is 1.65 bits per heavy atom. The zero-order valence-electron chi connectivity index (χ0n) is 23.8. The summed E-state index contributed by atoms with van der Waals surface area (Å²) in [5.41, 5.74) is 2.41. The lowest BCUT2D eigenvalue weighted by molar-refractivity contribution is -0.132. The minimum absolute atomic E-state index is 0.126. The zero-order chi connectivity index (χ0) is 29.3. The van der Waals surface area contributed by atoms with Gasteiger partial charge < -0.3 is 25.8 Å². The molecule has 0 saturated carbocycles. The van der Waals surface area contributed by atoms with Gasteiger partial charge in [-0.25, -0.2) is 0 Å². The molecule has 0 aliphatic heterocycles. The molecule has 40 heavy (non-hydrogen) atoms. The van der Waals surface area contributed by atoms with Crippen LogP contribution in [0, 0.1) is 5.92 Å². The van der Waals surface area contributed by atoms with Gasteiger partial charge in [-0.05, 0) is 41.5 Å². The molecule has 4 N–H and O–H groups in total. The third-order valence-electron chi connectivity index (χ3n) is 6.24. The number of amides is 3. The average molecular weight is 550 g/mol. The van der Waals surface area contributed by atoms with Crippen LogP contribution in [0.2, 0.25) is 0 Å². The SMILES string of the molecule is C=Cc1ccccc1/C=C/OCC(=O)NC(C(=O)NC(CC(C)C)C(O)CC(=O)NCCCC)c1ccccc1. The van der Waals surface area contributed by atoms with Crippen molar-refractivity contribution in [3.63, 3.8) is 0 Å². The van der Waals surface area contributed by atoms with Crippen molar-refractivity contribution < 1.29 is 24.2 Å². The lowest BCUT2D eigenvalue weighted by atomic mass is 9.96. The van der Waals surface area contributed by atoms with E-state index in [1.807, 2.05) is 51.1 Å². The van der Waals surface area contributed by atoms with Crippen LogP contribution in [-0.4, -0.2) is 48.1 Å². The van der Waals surface area contributed by atoms with Gasteiger partial charge in [-0.2, -0.15) is 0 Å². The summed E-state index contributed by atoms with van der Waals surface area (Å²) >= 11 is 0. The number of carbonyl (C=O) groups is 3. The maximum atomic E-state index is 13.5. The highest BCUT2D eigenvalue weighted by molar-refractivity contribution is 5.89. The van der Waals surface area contributed by atoms with Crippen molar-refractivity contribution in [1.29, 1.82) is 0 Å². The minimum Gasteiger partial charge on any atom is -0.491 e. The largest absolute Gasteiger partial charge is 0.491 e. The lowest BCUT2D eigenvalue weighted by Gasteiger charge is -2.28. The van der Waals surface area contributed by atoms with Gasteiger partial charge in [-0.15, -0.1) is 0 Å². The van der Waals surface area contributed by atoms with Crippen LogP contribution in [-0.2, 0) is 19.1 Å². The Balaban J connectivity index is 2.07. The molecule has 216 valence electrons. The molecule has 8 heteroatoms. The Morgan fingerprint density at radius 1 is 0.975 bits per heavy atom. The Kier molecular flexibility index (Phi) is 14.2. The predicted octanol–water partition coefficient (Wildman–Crippen LogP) is 4.37. The topological polar surface area (TPSA) is 117 Å². The minimum atomic E-state index is -1.08. The normalized spacial score (nSPS) is 13.3. The standard InChI is InChI=1S/C32H43N3O5/c1-5-7-18-33-29(37)21-28(36)27(20-23(3)4)34-32(39)31(26-15-9-8-10-16-26)35-30(38)22-40-19-17-25-14-12-11-13-24(25)6-2/h6,8-17,19,23,27-28,31,36H,2,5,7,18,20-22H2,1,3-4H3,(H,33,37)(H,34,39)(H,35,38)/b19-17+. The predicted molar refractivity (Wildman–Crippen MR) is 159 cm³/mol. The number of benzene rings is 2. The Morgan fingerprint density at radius 3 is 2.30 bits per heavy atom.